The minimum absolute atomic E-state index is 0.0942. The van der Waals surface area contributed by atoms with Gasteiger partial charge in [0.2, 0.25) is 5.89 Å². The van der Waals surface area contributed by atoms with Gasteiger partial charge in [-0.3, -0.25) is 0 Å². The topological polar surface area (TPSA) is 102 Å². The van der Waals surface area contributed by atoms with Crippen LogP contribution in [0, 0.1) is 18.6 Å². The van der Waals surface area contributed by atoms with E-state index in [0.717, 1.165) is 0 Å². The van der Waals surface area contributed by atoms with E-state index in [1.54, 1.807) is 6.92 Å². The first-order valence-electron chi connectivity index (χ1n) is 4.96. The summed E-state index contributed by atoms with van der Waals surface area (Å²) in [6, 6.07) is 0.673. The Morgan fingerprint density at radius 1 is 1.28 bits per heavy atom. The highest BCUT2D eigenvalue weighted by atomic mass is 19.1. The Morgan fingerprint density at radius 2 is 2.00 bits per heavy atom. The molecule has 2 aromatic rings. The molecule has 18 heavy (non-hydrogen) atoms. The lowest BCUT2D eigenvalue weighted by Gasteiger charge is -2.07. The number of hydrogen-bond donors (Lipinski definition) is 3. The quantitative estimate of drug-likeness (QED) is 0.552. The third kappa shape index (κ3) is 2.51. The second-order valence-electron chi connectivity index (χ2n) is 3.38. The van der Waals surface area contributed by atoms with Crippen molar-refractivity contribution in [1.29, 1.82) is 0 Å². The van der Waals surface area contributed by atoms with Crippen LogP contribution < -0.4 is 16.6 Å². The standard InChI is InChI=1S/C9H10F2N6O/c1-4-14-7(17-18-4)3-13-8-5(10)2-6(11)9(15-8)16-12/h2H,3,12H2,1H3,(H2,13,15,16). The SMILES string of the molecule is Cc1nc(CNc2nc(NN)c(F)cc2F)no1. The molecule has 0 atom stereocenters. The lowest BCUT2D eigenvalue weighted by atomic mass is 10.4. The maximum atomic E-state index is 13.4. The first kappa shape index (κ1) is 12.2. The molecule has 2 heterocycles. The molecule has 0 saturated carbocycles. The fourth-order valence-corrected chi connectivity index (χ4v) is 1.27. The van der Waals surface area contributed by atoms with Gasteiger partial charge in [-0.15, -0.1) is 0 Å². The minimum Gasteiger partial charge on any atom is -0.360 e. The highest BCUT2D eigenvalue weighted by Crippen LogP contribution is 2.18. The van der Waals surface area contributed by atoms with Crippen molar-refractivity contribution in [1.82, 2.24) is 15.1 Å². The molecule has 9 heteroatoms. The number of nitrogens with zero attached hydrogens (tertiary/aromatic N) is 3. The molecule has 96 valence electrons. The van der Waals surface area contributed by atoms with Gasteiger partial charge in [0.1, 0.15) is 0 Å². The van der Waals surface area contributed by atoms with E-state index < -0.39 is 11.6 Å². The summed E-state index contributed by atoms with van der Waals surface area (Å²) < 4.78 is 31.2. The van der Waals surface area contributed by atoms with E-state index in [4.69, 9.17) is 10.4 Å². The Balaban J connectivity index is 2.13. The second kappa shape index (κ2) is 4.92. The van der Waals surface area contributed by atoms with Crippen molar-refractivity contribution in [3.05, 3.63) is 29.4 Å². The lowest BCUT2D eigenvalue weighted by molar-refractivity contribution is 0.388. The summed E-state index contributed by atoms with van der Waals surface area (Å²) >= 11 is 0. The van der Waals surface area contributed by atoms with E-state index in [9.17, 15) is 8.78 Å². The minimum atomic E-state index is -0.879. The zero-order valence-corrected chi connectivity index (χ0v) is 9.37. The van der Waals surface area contributed by atoms with Gasteiger partial charge >= 0.3 is 0 Å². The molecule has 0 saturated heterocycles. The van der Waals surface area contributed by atoms with Crippen LogP contribution in [0.5, 0.6) is 0 Å². The average molecular weight is 256 g/mol. The largest absolute Gasteiger partial charge is 0.360 e. The number of pyridine rings is 1. The van der Waals surface area contributed by atoms with Crippen LogP contribution >= 0.6 is 0 Å². The zero-order chi connectivity index (χ0) is 13.1. The molecule has 0 radical (unpaired) electrons. The third-order valence-electron chi connectivity index (χ3n) is 2.05. The van der Waals surface area contributed by atoms with E-state index in [1.165, 1.54) is 0 Å². The van der Waals surface area contributed by atoms with Crippen LogP contribution in [0.25, 0.3) is 0 Å². The zero-order valence-electron chi connectivity index (χ0n) is 9.37. The molecule has 0 aromatic carbocycles. The van der Waals surface area contributed by atoms with Gasteiger partial charge in [0.25, 0.3) is 0 Å². The first-order valence-corrected chi connectivity index (χ1v) is 4.96. The van der Waals surface area contributed by atoms with E-state index in [-0.39, 0.29) is 18.2 Å². The summed E-state index contributed by atoms with van der Waals surface area (Å²) in [7, 11) is 0. The molecule has 0 unspecified atom stereocenters. The van der Waals surface area contributed by atoms with Crippen LogP contribution in [-0.2, 0) is 6.54 Å². The van der Waals surface area contributed by atoms with Crippen molar-refractivity contribution in [2.75, 3.05) is 10.7 Å². The number of rotatable bonds is 4. The predicted molar refractivity (Wildman–Crippen MR) is 58.3 cm³/mol. The van der Waals surface area contributed by atoms with E-state index in [0.29, 0.717) is 17.8 Å². The fraction of sp³-hybridized carbons (Fsp3) is 0.222. The number of aromatic nitrogens is 3. The molecule has 0 aliphatic heterocycles. The van der Waals surface area contributed by atoms with Crippen LogP contribution in [0.1, 0.15) is 11.7 Å². The highest BCUT2D eigenvalue weighted by Gasteiger charge is 2.11. The molecule has 0 aliphatic carbocycles. The van der Waals surface area contributed by atoms with E-state index in [2.05, 4.69) is 20.4 Å². The Hall–Kier alpha value is -2.29. The summed E-state index contributed by atoms with van der Waals surface area (Å²) in [6.45, 7) is 1.72. The predicted octanol–water partition coefficient (Wildman–Crippen LogP) is 0.949. The Labute approximate surface area is 100 Å². The van der Waals surface area contributed by atoms with Crippen LogP contribution in [0.15, 0.2) is 10.6 Å². The smallest absolute Gasteiger partial charge is 0.223 e. The molecular weight excluding hydrogens is 246 g/mol. The van der Waals surface area contributed by atoms with Gasteiger partial charge in [-0.05, 0) is 0 Å². The maximum absolute atomic E-state index is 13.4. The molecular formula is C9H10F2N6O. The summed E-state index contributed by atoms with van der Waals surface area (Å²) in [5.41, 5.74) is 2.02. The van der Waals surface area contributed by atoms with E-state index in [1.807, 2.05) is 5.43 Å². The van der Waals surface area contributed by atoms with Gasteiger partial charge in [0.15, 0.2) is 29.1 Å². The monoisotopic (exact) mass is 256 g/mol. The van der Waals surface area contributed by atoms with Crippen molar-refractivity contribution < 1.29 is 13.3 Å². The number of nitrogen functional groups attached to an aromatic ring is 1. The van der Waals surface area contributed by atoms with Gasteiger partial charge in [0.05, 0.1) is 6.54 Å². The number of halogens is 2. The number of anilines is 2. The summed E-state index contributed by atoms with van der Waals surface area (Å²) in [4.78, 5) is 7.54. The summed E-state index contributed by atoms with van der Waals surface area (Å²) in [5.74, 6) is 3.62. The molecule has 0 amide bonds. The third-order valence-corrected chi connectivity index (χ3v) is 2.05. The average Bonchev–Trinajstić information content (AvgIpc) is 2.74. The molecule has 0 fully saturated rings. The molecule has 0 bridgehead atoms. The Bertz CT molecular complexity index is 558. The van der Waals surface area contributed by atoms with Crippen molar-refractivity contribution in [3.63, 3.8) is 0 Å². The summed E-state index contributed by atoms with van der Waals surface area (Å²) in [6.07, 6.45) is 0. The van der Waals surface area contributed by atoms with Crippen molar-refractivity contribution in [2.45, 2.75) is 13.5 Å². The van der Waals surface area contributed by atoms with Crippen molar-refractivity contribution >= 4 is 11.6 Å². The second-order valence-corrected chi connectivity index (χ2v) is 3.38. The number of nitrogens with two attached hydrogens (primary N) is 1. The van der Waals surface area contributed by atoms with E-state index >= 15 is 0 Å². The van der Waals surface area contributed by atoms with Gasteiger partial charge < -0.3 is 15.3 Å². The van der Waals surface area contributed by atoms with Crippen molar-refractivity contribution in [2.24, 2.45) is 5.84 Å². The van der Waals surface area contributed by atoms with Crippen LogP contribution in [0.4, 0.5) is 20.4 Å². The number of nitrogens with one attached hydrogen (secondary N) is 2. The maximum Gasteiger partial charge on any atom is 0.223 e. The lowest BCUT2D eigenvalue weighted by Crippen LogP contribution is -2.13. The number of hydrogen-bond acceptors (Lipinski definition) is 7. The number of aryl methyl sites for hydroxylation is 1. The number of hydrazine groups is 1. The van der Waals surface area contributed by atoms with Crippen molar-refractivity contribution in [3.8, 4) is 0 Å². The fourth-order valence-electron chi connectivity index (χ4n) is 1.27. The summed E-state index contributed by atoms with van der Waals surface area (Å²) in [5, 5.41) is 6.22. The molecule has 7 nitrogen and oxygen atoms in total. The molecule has 0 spiro atoms. The van der Waals surface area contributed by atoms with Gasteiger partial charge in [0, 0.05) is 13.0 Å². The van der Waals surface area contributed by atoms with Gasteiger partial charge in [-0.1, -0.05) is 5.16 Å². The van der Waals surface area contributed by atoms with Gasteiger partial charge in [-0.25, -0.2) is 19.6 Å². The molecule has 4 N–H and O–H groups in total. The highest BCUT2D eigenvalue weighted by molar-refractivity contribution is 5.46. The molecule has 0 aliphatic rings. The van der Waals surface area contributed by atoms with Crippen LogP contribution in [-0.4, -0.2) is 15.1 Å². The molecule has 2 aromatic heterocycles. The first-order chi connectivity index (χ1) is 8.60. The normalized spacial score (nSPS) is 10.4. The van der Waals surface area contributed by atoms with Crippen LogP contribution in [0.3, 0.4) is 0 Å². The van der Waals surface area contributed by atoms with Gasteiger partial charge in [-0.2, -0.15) is 4.98 Å². The molecule has 2 rings (SSSR count). The van der Waals surface area contributed by atoms with Crippen LogP contribution in [0.2, 0.25) is 0 Å². The Morgan fingerprint density at radius 3 is 2.61 bits per heavy atom. The Kier molecular flexibility index (Phi) is 3.33.